The Bertz CT molecular complexity index is 1720. The van der Waals surface area contributed by atoms with Gasteiger partial charge < -0.3 is 44.9 Å². The third kappa shape index (κ3) is 5.12. The van der Waals surface area contributed by atoms with E-state index in [2.05, 4.69) is 18.4 Å². The molecule has 2 aromatic carbocycles. The number of likely N-dealkylation sites (tertiary alicyclic amines) is 1. The van der Waals surface area contributed by atoms with E-state index in [9.17, 15) is 19.8 Å². The number of carbonyl (C=O) groups is 2. The number of aliphatic hydroxyl groups is 1. The van der Waals surface area contributed by atoms with Crippen LogP contribution in [0.25, 0.3) is 0 Å². The number of methoxy groups -OCH3 is 1. The van der Waals surface area contributed by atoms with E-state index >= 15 is 0 Å². The highest BCUT2D eigenvalue weighted by molar-refractivity contribution is 5.82. The molecule has 5 N–H and O–H groups in total. The smallest absolute Gasteiger partial charge is 0.415 e. The average molecular weight is 704 g/mol. The van der Waals surface area contributed by atoms with Crippen LogP contribution in [0.2, 0.25) is 0 Å². The molecule has 11 nitrogen and oxygen atoms in total. The van der Waals surface area contributed by atoms with Gasteiger partial charge in [-0.3, -0.25) is 4.79 Å². The summed E-state index contributed by atoms with van der Waals surface area (Å²) in [6.07, 6.45) is 6.84. The molecule has 5 fully saturated rings. The summed E-state index contributed by atoms with van der Waals surface area (Å²) in [4.78, 5) is 27.7. The molecule has 4 bridgehead atoms. The maximum atomic E-state index is 13.5. The Labute approximate surface area is 301 Å². The number of benzene rings is 2. The number of ether oxygens (including phenoxy) is 3. The number of carbonyl (C=O) groups excluding carboxylic acids is 2. The van der Waals surface area contributed by atoms with Crippen molar-refractivity contribution in [3.63, 3.8) is 0 Å². The summed E-state index contributed by atoms with van der Waals surface area (Å²) >= 11 is 0. The van der Waals surface area contributed by atoms with Gasteiger partial charge in [0, 0.05) is 62.9 Å². The predicted molar refractivity (Wildman–Crippen MR) is 191 cm³/mol. The molecule has 4 saturated carbocycles. The highest BCUT2D eigenvalue weighted by Gasteiger charge is 2.84. The van der Waals surface area contributed by atoms with Gasteiger partial charge in [-0.25, -0.2) is 4.79 Å². The van der Waals surface area contributed by atoms with Gasteiger partial charge in [0.25, 0.3) is 0 Å². The Morgan fingerprint density at radius 2 is 1.90 bits per heavy atom. The van der Waals surface area contributed by atoms with Crippen LogP contribution in [0.15, 0.2) is 36.4 Å². The molecule has 1 unspecified atom stereocenters. The van der Waals surface area contributed by atoms with Crippen molar-refractivity contribution < 1.29 is 38.5 Å². The topological polar surface area (TPSA) is 144 Å². The minimum Gasteiger partial charge on any atom is -0.508 e. The van der Waals surface area contributed by atoms with Crippen LogP contribution < -0.4 is 20.5 Å². The minimum atomic E-state index is -0.958. The number of hydrogen-bond acceptors (Lipinski definition) is 8. The number of phenols is 1. The van der Waals surface area contributed by atoms with E-state index in [4.69, 9.17) is 19.9 Å². The third-order valence-corrected chi connectivity index (χ3v) is 14.2. The molecule has 0 radical (unpaired) electrons. The maximum Gasteiger partial charge on any atom is 0.415 e. The van der Waals surface area contributed by atoms with Crippen LogP contribution in [-0.2, 0) is 27.8 Å². The fourth-order valence-corrected chi connectivity index (χ4v) is 11.7. The lowest BCUT2D eigenvalue weighted by Gasteiger charge is -2.75. The zero-order chi connectivity index (χ0) is 36.1. The fourth-order valence-electron chi connectivity index (χ4n) is 11.7. The molecule has 7 aliphatic rings. The first kappa shape index (κ1) is 34.7. The predicted octanol–water partition coefficient (Wildman–Crippen LogP) is 3.65. The standard InChI is InChI=1S/C40H54N4O7/c1-37(2,48)30-22-38-14-15-40(30,49-5)35-39(38)16-19-44(4,23-25-6-7-25)31(38)21-26-10-13-29(33(51-35)32(26)39)50-36(47)43(3)18-17-42-34(46)28(41)20-24-8-11-27(45)12-9-24/h8-13,25,28,30-31,35,48H,6-7,14-23,41H2,1-5H3,(H-,42,45,46)/p+1/t28-,30+,31-,35+,38+,39-,40+,44?/m0/s1. The summed E-state index contributed by atoms with van der Waals surface area (Å²) in [5.41, 5.74) is 7.49. The van der Waals surface area contributed by atoms with Gasteiger partial charge in [-0.15, -0.1) is 0 Å². The van der Waals surface area contributed by atoms with E-state index < -0.39 is 23.3 Å². The molecule has 1 saturated heterocycles. The van der Waals surface area contributed by atoms with Gasteiger partial charge in [0.1, 0.15) is 17.5 Å². The zero-order valence-electron chi connectivity index (χ0n) is 30.7. The second-order valence-electron chi connectivity index (χ2n) is 17.5. The quantitative estimate of drug-likeness (QED) is 0.260. The van der Waals surface area contributed by atoms with Gasteiger partial charge in [-0.1, -0.05) is 18.2 Å². The summed E-state index contributed by atoms with van der Waals surface area (Å²) < 4.78 is 21.0. The van der Waals surface area contributed by atoms with E-state index in [0.717, 1.165) is 54.6 Å². The average Bonchev–Trinajstić information content (AvgIpc) is 3.83. The van der Waals surface area contributed by atoms with Crippen LogP contribution in [-0.4, -0.2) is 108 Å². The maximum absolute atomic E-state index is 13.5. The van der Waals surface area contributed by atoms with Crippen LogP contribution in [0.5, 0.6) is 17.2 Å². The van der Waals surface area contributed by atoms with Gasteiger partial charge >= 0.3 is 6.09 Å². The second kappa shape index (κ2) is 11.8. The van der Waals surface area contributed by atoms with Crippen LogP contribution in [0, 0.1) is 17.3 Å². The number of nitrogens with one attached hydrogen (secondary N) is 1. The van der Waals surface area contributed by atoms with Crippen LogP contribution in [0.3, 0.4) is 0 Å². The van der Waals surface area contributed by atoms with Crippen molar-refractivity contribution in [2.45, 2.75) is 100 Å². The van der Waals surface area contributed by atoms with E-state index in [1.54, 1.807) is 38.4 Å². The lowest BCUT2D eigenvalue weighted by Crippen LogP contribution is -2.84. The summed E-state index contributed by atoms with van der Waals surface area (Å²) in [6.45, 7) is 6.59. The van der Waals surface area contributed by atoms with Crippen molar-refractivity contribution in [1.82, 2.24) is 10.2 Å². The molecule has 2 heterocycles. The lowest BCUT2D eigenvalue weighted by atomic mass is 9.33. The van der Waals surface area contributed by atoms with Crippen LogP contribution >= 0.6 is 0 Å². The highest BCUT2D eigenvalue weighted by atomic mass is 16.6. The van der Waals surface area contributed by atoms with Crippen LogP contribution in [0.4, 0.5) is 4.79 Å². The summed E-state index contributed by atoms with van der Waals surface area (Å²) in [6, 6.07) is 10.3. The molecule has 2 spiro atoms. The van der Waals surface area contributed by atoms with Crippen LogP contribution in [0.1, 0.15) is 69.1 Å². The molecule has 2 amide bonds. The number of phenolic OH excluding ortho intramolecular Hbond substituents is 1. The van der Waals surface area contributed by atoms with Crippen molar-refractivity contribution in [1.29, 1.82) is 0 Å². The monoisotopic (exact) mass is 703 g/mol. The molecule has 2 aliphatic heterocycles. The Morgan fingerprint density at radius 3 is 2.59 bits per heavy atom. The van der Waals surface area contributed by atoms with E-state index in [0.29, 0.717) is 24.0 Å². The lowest BCUT2D eigenvalue weighted by molar-refractivity contribution is -0.952. The number of piperidine rings is 1. The van der Waals surface area contributed by atoms with Crippen molar-refractivity contribution in [2.75, 3.05) is 47.4 Å². The number of aromatic hydroxyl groups is 1. The number of quaternary nitrogens is 1. The molecular weight excluding hydrogens is 648 g/mol. The Balaban J connectivity index is 1.04. The normalized spacial score (nSPS) is 34.7. The molecule has 0 aromatic heterocycles. The van der Waals surface area contributed by atoms with Gasteiger partial charge in [-0.05, 0) is 81.7 Å². The Morgan fingerprint density at radius 1 is 1.16 bits per heavy atom. The molecule has 51 heavy (non-hydrogen) atoms. The number of amides is 2. The third-order valence-electron chi connectivity index (χ3n) is 14.2. The summed E-state index contributed by atoms with van der Waals surface area (Å²) in [5.74, 6) is 1.61. The number of likely N-dealkylation sites (N-methyl/N-ethyl adjacent to an activating group) is 2. The first-order chi connectivity index (χ1) is 24.2. The first-order valence-electron chi connectivity index (χ1n) is 18.9. The zero-order valence-corrected chi connectivity index (χ0v) is 30.7. The fraction of sp³-hybridized carbons (Fsp3) is 0.650. The highest BCUT2D eigenvalue weighted by Crippen LogP contribution is 2.78. The number of fused-ring (bicyclic) bond motifs is 2. The SMILES string of the molecule is CO[C@]12CC[C@@]3(C[C@@H]1C(C)(C)O)[C@@H]1Cc4ccc(OC(=O)N(C)CCNC(=O)[C@@H](N)Cc5ccc(O)cc5)c5c4[C@@]3(CC[N+]1(C)CC1CC1)[C@H]2O5. The Kier molecular flexibility index (Phi) is 8.04. The summed E-state index contributed by atoms with van der Waals surface area (Å²) in [7, 11) is 5.92. The molecule has 5 aliphatic carbocycles. The van der Waals surface area contributed by atoms with Crippen molar-refractivity contribution in [3.8, 4) is 17.2 Å². The van der Waals surface area contributed by atoms with Crippen molar-refractivity contribution in [3.05, 3.63) is 53.1 Å². The van der Waals surface area contributed by atoms with Gasteiger partial charge in [-0.2, -0.15) is 0 Å². The molecular formula is C40H55N4O7+. The number of rotatable bonds is 11. The number of nitrogens with zero attached hydrogens (tertiary/aromatic N) is 2. The van der Waals surface area contributed by atoms with E-state index in [1.807, 2.05) is 19.9 Å². The van der Waals surface area contributed by atoms with Crippen molar-refractivity contribution in [2.24, 2.45) is 23.0 Å². The molecule has 276 valence electrons. The molecule has 8 atom stereocenters. The number of hydrogen-bond donors (Lipinski definition) is 4. The minimum absolute atomic E-state index is 0.0660. The second-order valence-corrected chi connectivity index (χ2v) is 17.5. The molecule has 9 rings (SSSR count). The van der Waals surface area contributed by atoms with Gasteiger partial charge in [0.05, 0.1) is 43.2 Å². The van der Waals surface area contributed by atoms with Crippen molar-refractivity contribution >= 4 is 12.0 Å². The summed E-state index contributed by atoms with van der Waals surface area (Å²) in [5, 5.41) is 24.1. The molecule has 2 aromatic rings. The number of nitrogens with two attached hydrogens (primary N) is 1. The van der Waals surface area contributed by atoms with Gasteiger partial charge in [0.15, 0.2) is 11.5 Å². The first-order valence-corrected chi connectivity index (χ1v) is 18.9. The largest absolute Gasteiger partial charge is 0.508 e. The van der Waals surface area contributed by atoms with E-state index in [-0.39, 0.29) is 47.6 Å². The van der Waals surface area contributed by atoms with Gasteiger partial charge in [0.2, 0.25) is 5.91 Å². The molecule has 11 heteroatoms. The Hall–Kier alpha value is -3.38. The van der Waals surface area contributed by atoms with E-state index in [1.165, 1.54) is 35.4 Å².